The number of anilines is 1. The predicted octanol–water partition coefficient (Wildman–Crippen LogP) is 5.57. The Morgan fingerprint density at radius 2 is 2.04 bits per heavy atom. The van der Waals surface area contributed by atoms with E-state index in [0.717, 1.165) is 44.5 Å². The lowest BCUT2D eigenvalue weighted by molar-refractivity contribution is 0.542. The van der Waals surface area contributed by atoms with Gasteiger partial charge in [0.05, 0.1) is 10.6 Å². The zero-order valence-electron chi connectivity index (χ0n) is 14.0. The fourth-order valence-corrected chi connectivity index (χ4v) is 5.42. The second-order valence-electron chi connectivity index (χ2n) is 5.42. The van der Waals surface area contributed by atoms with Crippen LogP contribution in [0.1, 0.15) is 16.3 Å². The van der Waals surface area contributed by atoms with Gasteiger partial charge in [0.1, 0.15) is 5.76 Å². The molecule has 0 bridgehead atoms. The predicted molar refractivity (Wildman–Crippen MR) is 111 cm³/mol. The van der Waals surface area contributed by atoms with Crippen molar-refractivity contribution in [2.75, 3.05) is 11.9 Å². The Bertz CT molecular complexity index is 944. The molecule has 0 aliphatic rings. The topological polar surface area (TPSA) is 63.8 Å². The van der Waals surface area contributed by atoms with E-state index >= 15 is 0 Å². The second kappa shape index (κ2) is 8.34. The molecule has 4 heterocycles. The molecule has 0 aromatic carbocycles. The smallest absolute Gasteiger partial charge is 0.236 e. The van der Waals surface area contributed by atoms with Crippen LogP contribution < -0.4 is 5.32 Å². The zero-order valence-corrected chi connectivity index (χ0v) is 17.2. The molecule has 0 aliphatic carbocycles. The van der Waals surface area contributed by atoms with Gasteiger partial charge in [-0.2, -0.15) is 0 Å². The zero-order chi connectivity index (χ0) is 17.8. The number of hydrogen-bond donors (Lipinski definition) is 1. The van der Waals surface area contributed by atoms with E-state index < -0.39 is 0 Å². The minimum Gasteiger partial charge on any atom is -0.440 e. The van der Waals surface area contributed by atoms with Gasteiger partial charge in [-0.1, -0.05) is 35.2 Å². The molecule has 0 saturated carbocycles. The quantitative estimate of drug-likeness (QED) is 0.376. The maximum Gasteiger partial charge on any atom is 0.236 e. The fraction of sp³-hybridized carbons (Fsp3) is 0.235. The van der Waals surface area contributed by atoms with E-state index in [1.165, 1.54) is 4.88 Å². The Balaban J connectivity index is 1.30. The Labute approximate surface area is 167 Å². The Kier molecular flexibility index (Phi) is 5.68. The van der Waals surface area contributed by atoms with Crippen molar-refractivity contribution in [2.45, 2.75) is 23.4 Å². The number of thiophene rings is 2. The summed E-state index contributed by atoms with van der Waals surface area (Å²) in [7, 11) is 0. The number of thioether (sulfide) groups is 1. The van der Waals surface area contributed by atoms with Gasteiger partial charge >= 0.3 is 0 Å². The summed E-state index contributed by atoms with van der Waals surface area (Å²) in [5.41, 5.74) is 0.959. The molecule has 4 rings (SSSR count). The minimum atomic E-state index is 0.696. The monoisotopic (exact) mass is 420 g/mol. The molecule has 4 aromatic rings. The van der Waals surface area contributed by atoms with Crippen molar-refractivity contribution in [1.82, 2.24) is 15.2 Å². The molecular formula is C17H16N4OS4. The summed E-state index contributed by atoms with van der Waals surface area (Å²) in [6.45, 7) is 2.82. The average Bonchev–Trinajstić information content (AvgIpc) is 3.42. The summed E-state index contributed by atoms with van der Waals surface area (Å²) >= 11 is 6.63. The van der Waals surface area contributed by atoms with Crippen LogP contribution in [-0.2, 0) is 12.2 Å². The van der Waals surface area contributed by atoms with Crippen LogP contribution >= 0.6 is 45.8 Å². The Morgan fingerprint density at radius 1 is 1.15 bits per heavy atom. The summed E-state index contributed by atoms with van der Waals surface area (Å²) in [4.78, 5) is 7.05. The number of aromatic nitrogens is 3. The first-order chi connectivity index (χ1) is 12.8. The summed E-state index contributed by atoms with van der Waals surface area (Å²) in [5.74, 6) is 2.28. The standard InChI is InChI=1S/C17H16N4OS4/c1-11-13(19-15(22-11)14-5-3-9-24-14)10-25-17-21-20-16(26-17)18-7-6-12-4-2-8-23-12/h2-5,8-9H,6-7,10H2,1H3,(H,18,20). The van der Waals surface area contributed by atoms with Crippen LogP contribution in [-0.4, -0.2) is 21.7 Å². The van der Waals surface area contributed by atoms with Crippen LogP contribution in [0.25, 0.3) is 10.8 Å². The molecule has 0 radical (unpaired) electrons. The van der Waals surface area contributed by atoms with Crippen LogP contribution in [0, 0.1) is 6.92 Å². The van der Waals surface area contributed by atoms with Gasteiger partial charge in [0.25, 0.3) is 0 Å². The number of nitrogens with zero attached hydrogens (tertiary/aromatic N) is 3. The van der Waals surface area contributed by atoms with Crippen LogP contribution in [0.5, 0.6) is 0 Å². The highest BCUT2D eigenvalue weighted by Crippen LogP contribution is 2.31. The van der Waals surface area contributed by atoms with Crippen molar-refractivity contribution in [3.8, 4) is 10.8 Å². The Morgan fingerprint density at radius 3 is 2.85 bits per heavy atom. The average molecular weight is 421 g/mol. The van der Waals surface area contributed by atoms with Crippen molar-refractivity contribution in [2.24, 2.45) is 0 Å². The van der Waals surface area contributed by atoms with E-state index in [4.69, 9.17) is 4.42 Å². The third-order valence-corrected chi connectivity index (χ3v) is 7.41. The number of aryl methyl sites for hydroxylation is 1. The third-order valence-electron chi connectivity index (χ3n) is 3.59. The molecule has 26 heavy (non-hydrogen) atoms. The molecule has 0 saturated heterocycles. The van der Waals surface area contributed by atoms with Gasteiger partial charge in [0.15, 0.2) is 4.34 Å². The highest BCUT2D eigenvalue weighted by molar-refractivity contribution is 8.00. The van der Waals surface area contributed by atoms with Crippen molar-refractivity contribution in [3.63, 3.8) is 0 Å². The lowest BCUT2D eigenvalue weighted by Crippen LogP contribution is -2.03. The molecule has 0 unspecified atom stereocenters. The van der Waals surface area contributed by atoms with Crippen molar-refractivity contribution >= 4 is 50.9 Å². The highest BCUT2D eigenvalue weighted by atomic mass is 32.2. The number of oxazole rings is 1. The first-order valence-electron chi connectivity index (χ1n) is 8.00. The first kappa shape index (κ1) is 17.7. The molecule has 0 amide bonds. The maximum absolute atomic E-state index is 5.78. The van der Waals surface area contributed by atoms with E-state index in [0.29, 0.717) is 5.89 Å². The lowest BCUT2D eigenvalue weighted by Gasteiger charge is -1.99. The van der Waals surface area contributed by atoms with Gasteiger partial charge in [0, 0.05) is 17.2 Å². The summed E-state index contributed by atoms with van der Waals surface area (Å²) in [6, 6.07) is 8.25. The molecule has 5 nitrogen and oxygen atoms in total. The number of hydrogen-bond acceptors (Lipinski definition) is 9. The van der Waals surface area contributed by atoms with Gasteiger partial charge in [-0.15, -0.1) is 32.9 Å². The SMILES string of the molecule is Cc1oc(-c2cccs2)nc1CSc1nnc(NCCc2cccs2)s1. The van der Waals surface area contributed by atoms with Crippen molar-refractivity contribution in [1.29, 1.82) is 0 Å². The molecule has 4 aromatic heterocycles. The molecule has 0 spiro atoms. The van der Waals surface area contributed by atoms with Gasteiger partial charge in [0.2, 0.25) is 11.0 Å². The van der Waals surface area contributed by atoms with E-state index in [2.05, 4.69) is 38.0 Å². The molecule has 0 fully saturated rings. The third kappa shape index (κ3) is 4.35. The first-order valence-corrected chi connectivity index (χ1v) is 11.6. The molecular weight excluding hydrogens is 404 g/mol. The van der Waals surface area contributed by atoms with Crippen LogP contribution in [0.2, 0.25) is 0 Å². The van der Waals surface area contributed by atoms with Gasteiger partial charge in [-0.05, 0) is 36.2 Å². The van der Waals surface area contributed by atoms with Crippen molar-refractivity contribution in [3.05, 3.63) is 51.4 Å². The largest absolute Gasteiger partial charge is 0.440 e. The van der Waals surface area contributed by atoms with Gasteiger partial charge in [-0.25, -0.2) is 4.98 Å². The maximum atomic E-state index is 5.78. The molecule has 0 atom stereocenters. The molecule has 1 N–H and O–H groups in total. The van der Waals surface area contributed by atoms with Crippen LogP contribution in [0.15, 0.2) is 43.8 Å². The van der Waals surface area contributed by atoms with Crippen molar-refractivity contribution < 1.29 is 4.42 Å². The van der Waals surface area contributed by atoms with Crippen LogP contribution in [0.3, 0.4) is 0 Å². The van der Waals surface area contributed by atoms with E-state index in [1.54, 1.807) is 45.8 Å². The normalized spacial score (nSPS) is 11.1. The Hall–Kier alpha value is -1.68. The minimum absolute atomic E-state index is 0.696. The highest BCUT2D eigenvalue weighted by Gasteiger charge is 2.13. The van der Waals surface area contributed by atoms with Crippen LogP contribution in [0.4, 0.5) is 5.13 Å². The second-order valence-corrected chi connectivity index (χ2v) is 9.60. The summed E-state index contributed by atoms with van der Waals surface area (Å²) in [6.07, 6.45) is 1.00. The molecule has 9 heteroatoms. The van der Waals surface area contributed by atoms with Gasteiger partial charge < -0.3 is 9.73 Å². The summed E-state index contributed by atoms with van der Waals surface area (Å²) < 4.78 is 6.72. The molecule has 0 aliphatic heterocycles. The lowest BCUT2D eigenvalue weighted by atomic mass is 10.3. The molecule has 134 valence electrons. The van der Waals surface area contributed by atoms with E-state index in [1.807, 2.05) is 24.4 Å². The number of nitrogens with one attached hydrogen (secondary N) is 1. The summed E-state index contributed by atoms with van der Waals surface area (Å²) in [5, 5.41) is 16.8. The van der Waals surface area contributed by atoms with Gasteiger partial charge in [-0.3, -0.25) is 0 Å². The van der Waals surface area contributed by atoms with E-state index in [-0.39, 0.29) is 0 Å². The fourth-order valence-electron chi connectivity index (χ4n) is 2.28. The van der Waals surface area contributed by atoms with E-state index in [9.17, 15) is 0 Å². The number of rotatable bonds is 8.